The highest BCUT2D eigenvalue weighted by atomic mass is 16.6. The van der Waals surface area contributed by atoms with Gasteiger partial charge in [-0.25, -0.2) is 0 Å². The normalized spacial score (nSPS) is 14.4. The van der Waals surface area contributed by atoms with Gasteiger partial charge in [0.1, 0.15) is 0 Å². The summed E-state index contributed by atoms with van der Waals surface area (Å²) in [5.41, 5.74) is 4.52. The predicted octanol–water partition coefficient (Wildman–Crippen LogP) is 4.08. The van der Waals surface area contributed by atoms with E-state index in [2.05, 4.69) is 10.3 Å². The zero-order chi connectivity index (χ0) is 17.4. The number of H-pyrrole nitrogens is 1. The predicted molar refractivity (Wildman–Crippen MR) is 95.8 cm³/mol. The average molecular weight is 331 g/mol. The SMILES string of the molecule is O=C1Nc2cc(-c3cccc([N+](=O)[O-])c3)ccc2/C1=C/c1ccc[nH]1. The Kier molecular flexibility index (Phi) is 3.43. The van der Waals surface area contributed by atoms with Crippen LogP contribution in [0.3, 0.4) is 0 Å². The number of amides is 1. The second-order valence-corrected chi connectivity index (χ2v) is 5.71. The van der Waals surface area contributed by atoms with Crippen LogP contribution in [-0.2, 0) is 4.79 Å². The first-order valence-corrected chi connectivity index (χ1v) is 7.67. The van der Waals surface area contributed by atoms with Crippen molar-refractivity contribution in [1.29, 1.82) is 0 Å². The van der Waals surface area contributed by atoms with Crippen LogP contribution in [0.15, 0.2) is 60.8 Å². The van der Waals surface area contributed by atoms with Crippen LogP contribution in [0, 0.1) is 10.1 Å². The maximum absolute atomic E-state index is 12.3. The Morgan fingerprint density at radius 2 is 1.84 bits per heavy atom. The summed E-state index contributed by atoms with van der Waals surface area (Å²) in [4.78, 5) is 25.8. The molecule has 0 aliphatic carbocycles. The molecule has 2 N–H and O–H groups in total. The van der Waals surface area contributed by atoms with Crippen molar-refractivity contribution in [3.63, 3.8) is 0 Å². The lowest BCUT2D eigenvalue weighted by atomic mass is 10.00. The van der Waals surface area contributed by atoms with Gasteiger partial charge in [0.15, 0.2) is 0 Å². The Bertz CT molecular complexity index is 1020. The number of benzene rings is 2. The lowest BCUT2D eigenvalue weighted by Gasteiger charge is -2.05. The van der Waals surface area contributed by atoms with E-state index in [0.717, 1.165) is 22.4 Å². The Labute approximate surface area is 143 Å². The van der Waals surface area contributed by atoms with Crippen molar-refractivity contribution in [2.24, 2.45) is 0 Å². The van der Waals surface area contributed by atoms with Crippen LogP contribution in [0.2, 0.25) is 0 Å². The zero-order valence-electron chi connectivity index (χ0n) is 13.0. The third-order valence-electron chi connectivity index (χ3n) is 4.11. The van der Waals surface area contributed by atoms with Gasteiger partial charge in [-0.2, -0.15) is 0 Å². The minimum absolute atomic E-state index is 0.0364. The number of nitro benzene ring substituents is 1. The van der Waals surface area contributed by atoms with Crippen molar-refractivity contribution in [3.8, 4) is 11.1 Å². The third kappa shape index (κ3) is 2.70. The molecule has 1 amide bonds. The van der Waals surface area contributed by atoms with Gasteiger partial charge in [-0.05, 0) is 35.4 Å². The van der Waals surface area contributed by atoms with Crippen molar-refractivity contribution in [1.82, 2.24) is 4.98 Å². The molecule has 0 saturated heterocycles. The molecule has 1 aromatic heterocycles. The number of anilines is 1. The summed E-state index contributed by atoms with van der Waals surface area (Å²) >= 11 is 0. The zero-order valence-corrected chi connectivity index (χ0v) is 13.0. The summed E-state index contributed by atoms with van der Waals surface area (Å²) in [5, 5.41) is 13.8. The summed E-state index contributed by atoms with van der Waals surface area (Å²) in [6.45, 7) is 0. The number of aromatic nitrogens is 1. The Balaban J connectivity index is 1.75. The highest BCUT2D eigenvalue weighted by Gasteiger charge is 2.24. The smallest absolute Gasteiger partial charge is 0.270 e. The van der Waals surface area contributed by atoms with Gasteiger partial charge in [-0.1, -0.05) is 24.3 Å². The van der Waals surface area contributed by atoms with Crippen LogP contribution >= 0.6 is 0 Å². The van der Waals surface area contributed by atoms with E-state index < -0.39 is 4.92 Å². The number of nitrogens with one attached hydrogen (secondary N) is 2. The molecule has 122 valence electrons. The quantitative estimate of drug-likeness (QED) is 0.430. The van der Waals surface area contributed by atoms with Crippen LogP contribution in [0.4, 0.5) is 11.4 Å². The molecule has 6 nitrogen and oxygen atoms in total. The molecule has 0 radical (unpaired) electrons. The maximum atomic E-state index is 12.3. The molecular weight excluding hydrogens is 318 g/mol. The van der Waals surface area contributed by atoms with E-state index >= 15 is 0 Å². The number of carbonyl (C=O) groups is 1. The monoisotopic (exact) mass is 331 g/mol. The van der Waals surface area contributed by atoms with Crippen LogP contribution in [0.5, 0.6) is 0 Å². The molecule has 2 heterocycles. The third-order valence-corrected chi connectivity index (χ3v) is 4.11. The van der Waals surface area contributed by atoms with Crippen LogP contribution in [0.1, 0.15) is 11.3 Å². The fourth-order valence-electron chi connectivity index (χ4n) is 2.91. The summed E-state index contributed by atoms with van der Waals surface area (Å²) in [6.07, 6.45) is 3.60. The standard InChI is InChI=1S/C19H13N3O3/c23-19-17(11-14-4-2-8-20-14)16-7-6-13(10-18(16)21-19)12-3-1-5-15(9-12)22(24)25/h1-11,20H,(H,21,23)/b17-11-. The number of fused-ring (bicyclic) bond motifs is 1. The largest absolute Gasteiger partial charge is 0.362 e. The number of carbonyl (C=O) groups excluding carboxylic acids is 1. The highest BCUT2D eigenvalue weighted by molar-refractivity contribution is 6.35. The lowest BCUT2D eigenvalue weighted by molar-refractivity contribution is -0.384. The van der Waals surface area contributed by atoms with Gasteiger partial charge >= 0.3 is 0 Å². The van der Waals surface area contributed by atoms with Gasteiger partial charge in [0.05, 0.1) is 10.5 Å². The van der Waals surface area contributed by atoms with Gasteiger partial charge in [0.25, 0.3) is 11.6 Å². The van der Waals surface area contributed by atoms with E-state index in [4.69, 9.17) is 0 Å². The van der Waals surface area contributed by atoms with Crippen molar-refractivity contribution in [2.75, 3.05) is 5.32 Å². The van der Waals surface area contributed by atoms with Crippen LogP contribution in [-0.4, -0.2) is 15.8 Å². The second kappa shape index (κ2) is 5.76. The minimum Gasteiger partial charge on any atom is -0.362 e. The Morgan fingerprint density at radius 3 is 2.60 bits per heavy atom. The van der Waals surface area contributed by atoms with E-state index in [1.165, 1.54) is 12.1 Å². The summed E-state index contributed by atoms with van der Waals surface area (Å²) in [5.74, 6) is -0.166. The van der Waals surface area contributed by atoms with Gasteiger partial charge < -0.3 is 10.3 Å². The average Bonchev–Trinajstić information content (AvgIpc) is 3.23. The van der Waals surface area contributed by atoms with Crippen molar-refractivity contribution < 1.29 is 9.72 Å². The van der Waals surface area contributed by atoms with Crippen molar-refractivity contribution in [3.05, 3.63) is 82.2 Å². The first-order chi connectivity index (χ1) is 12.1. The molecule has 25 heavy (non-hydrogen) atoms. The second-order valence-electron chi connectivity index (χ2n) is 5.71. The van der Waals surface area contributed by atoms with E-state index in [-0.39, 0.29) is 11.6 Å². The molecule has 0 spiro atoms. The van der Waals surface area contributed by atoms with Gasteiger partial charge in [0, 0.05) is 35.3 Å². The highest BCUT2D eigenvalue weighted by Crippen LogP contribution is 2.36. The fourth-order valence-corrected chi connectivity index (χ4v) is 2.91. The number of rotatable bonds is 3. The molecule has 4 rings (SSSR count). The molecule has 6 heteroatoms. The first kappa shape index (κ1) is 14.9. The molecule has 0 bridgehead atoms. The molecule has 2 aromatic carbocycles. The summed E-state index contributed by atoms with van der Waals surface area (Å²) < 4.78 is 0. The number of nitrogens with zero attached hydrogens (tertiary/aromatic N) is 1. The van der Waals surface area contributed by atoms with Gasteiger partial charge in [-0.3, -0.25) is 14.9 Å². The van der Waals surface area contributed by atoms with Gasteiger partial charge in [-0.15, -0.1) is 0 Å². The molecule has 0 fully saturated rings. The van der Waals surface area contributed by atoms with Crippen molar-refractivity contribution in [2.45, 2.75) is 0 Å². The van der Waals surface area contributed by atoms with E-state index in [0.29, 0.717) is 11.3 Å². The number of nitro groups is 1. The molecule has 3 aromatic rings. The maximum Gasteiger partial charge on any atom is 0.270 e. The van der Waals surface area contributed by atoms with E-state index in [9.17, 15) is 14.9 Å². The molecule has 0 saturated carbocycles. The van der Waals surface area contributed by atoms with Crippen LogP contribution in [0.25, 0.3) is 22.8 Å². The molecule has 0 atom stereocenters. The van der Waals surface area contributed by atoms with E-state index in [1.807, 2.05) is 30.3 Å². The Morgan fingerprint density at radius 1 is 1.00 bits per heavy atom. The Hall–Kier alpha value is -3.67. The molecule has 1 aliphatic rings. The lowest BCUT2D eigenvalue weighted by Crippen LogP contribution is -2.03. The van der Waals surface area contributed by atoms with Crippen LogP contribution < -0.4 is 5.32 Å². The topological polar surface area (TPSA) is 88.0 Å². The van der Waals surface area contributed by atoms with Crippen molar-refractivity contribution >= 4 is 28.9 Å². The minimum atomic E-state index is -0.421. The molecule has 0 unspecified atom stereocenters. The van der Waals surface area contributed by atoms with E-state index in [1.54, 1.807) is 24.4 Å². The summed E-state index contributed by atoms with van der Waals surface area (Å²) in [7, 11) is 0. The fraction of sp³-hybridized carbons (Fsp3) is 0. The summed E-state index contributed by atoms with van der Waals surface area (Å²) in [6, 6.07) is 15.7. The number of hydrogen-bond donors (Lipinski definition) is 2. The number of aromatic amines is 1. The first-order valence-electron chi connectivity index (χ1n) is 7.67. The van der Waals surface area contributed by atoms with Gasteiger partial charge in [0.2, 0.25) is 0 Å². The molecule has 1 aliphatic heterocycles. The number of non-ortho nitro benzene ring substituents is 1. The number of hydrogen-bond acceptors (Lipinski definition) is 3. The molecular formula is C19H13N3O3.